The van der Waals surface area contributed by atoms with Crippen LogP contribution in [0.2, 0.25) is 5.02 Å². The number of fused-ring (bicyclic) bond motifs is 1. The smallest absolute Gasteiger partial charge is 0.410 e. The highest BCUT2D eigenvalue weighted by Crippen LogP contribution is 2.38. The molecule has 9 nitrogen and oxygen atoms in total. The van der Waals surface area contributed by atoms with Crippen LogP contribution in [0.25, 0.3) is 22.2 Å². The molecular formula is C33H37ClN6O3. The molecule has 224 valence electrons. The van der Waals surface area contributed by atoms with Crippen LogP contribution in [0.5, 0.6) is 0 Å². The number of likely N-dealkylation sites (tertiary alicyclic amines) is 1. The molecule has 6 rings (SSSR count). The number of aromatic amines is 1. The quantitative estimate of drug-likeness (QED) is 0.297. The van der Waals surface area contributed by atoms with Crippen molar-refractivity contribution >= 4 is 40.3 Å². The standard InChI is InChI=1S/C33H37ClN6O3/c1-33(2,3)43-32(42)40-15-7-10-27(40)28(23-11-13-24(34)14-12-23)31(41)39-18-16-38(17-19-39)29-25(22-8-5-4-6-9-22)20-35-30-26(29)21-36-37-30/h4-6,8-9,11-14,20-21,27-28H,7,10,15-19H2,1-3H3,(H,35,36,37). The van der Waals surface area contributed by atoms with E-state index in [1.807, 2.05) is 80.5 Å². The van der Waals surface area contributed by atoms with Gasteiger partial charge in [-0.3, -0.25) is 9.89 Å². The van der Waals surface area contributed by atoms with Gasteiger partial charge in [-0.25, -0.2) is 9.78 Å². The van der Waals surface area contributed by atoms with E-state index in [0.717, 1.165) is 46.3 Å². The molecule has 1 N–H and O–H groups in total. The summed E-state index contributed by atoms with van der Waals surface area (Å²) in [6.45, 7) is 8.57. The van der Waals surface area contributed by atoms with Crippen LogP contribution in [0.15, 0.2) is 67.0 Å². The molecule has 2 fully saturated rings. The Morgan fingerprint density at radius 1 is 0.977 bits per heavy atom. The molecule has 2 aliphatic heterocycles. The van der Waals surface area contributed by atoms with Crippen LogP contribution in [0.4, 0.5) is 10.5 Å². The second-order valence-electron chi connectivity index (χ2n) is 12.2. The number of hydrogen-bond acceptors (Lipinski definition) is 6. The van der Waals surface area contributed by atoms with Crippen molar-refractivity contribution < 1.29 is 14.3 Å². The predicted octanol–water partition coefficient (Wildman–Crippen LogP) is 6.11. The van der Waals surface area contributed by atoms with Gasteiger partial charge in [0.2, 0.25) is 5.91 Å². The summed E-state index contributed by atoms with van der Waals surface area (Å²) < 4.78 is 5.74. The van der Waals surface area contributed by atoms with Gasteiger partial charge in [0.05, 0.1) is 29.2 Å². The number of ether oxygens (including phenoxy) is 1. The van der Waals surface area contributed by atoms with Crippen LogP contribution in [-0.4, -0.2) is 81.3 Å². The molecule has 0 spiro atoms. The number of amides is 2. The Bertz CT molecular complexity index is 1590. The third-order valence-corrected chi connectivity index (χ3v) is 8.50. The summed E-state index contributed by atoms with van der Waals surface area (Å²) in [5.74, 6) is -0.492. The molecule has 2 saturated heterocycles. The van der Waals surface area contributed by atoms with E-state index in [2.05, 4.69) is 32.2 Å². The van der Waals surface area contributed by atoms with Gasteiger partial charge in [-0.15, -0.1) is 0 Å². The molecule has 2 aliphatic rings. The van der Waals surface area contributed by atoms with Crippen molar-refractivity contribution in [1.29, 1.82) is 0 Å². The minimum Gasteiger partial charge on any atom is -0.444 e. The van der Waals surface area contributed by atoms with E-state index in [1.54, 1.807) is 4.90 Å². The Kier molecular flexibility index (Phi) is 8.01. The number of nitrogens with zero attached hydrogens (tertiary/aromatic N) is 5. The molecular weight excluding hydrogens is 564 g/mol. The molecule has 2 amide bonds. The van der Waals surface area contributed by atoms with E-state index >= 15 is 0 Å². The molecule has 10 heteroatoms. The van der Waals surface area contributed by atoms with Crippen molar-refractivity contribution in [3.63, 3.8) is 0 Å². The lowest BCUT2D eigenvalue weighted by Gasteiger charge is -2.40. The van der Waals surface area contributed by atoms with Crippen LogP contribution >= 0.6 is 11.6 Å². The summed E-state index contributed by atoms with van der Waals surface area (Å²) in [5, 5.41) is 8.82. The van der Waals surface area contributed by atoms with E-state index in [4.69, 9.17) is 16.3 Å². The third-order valence-electron chi connectivity index (χ3n) is 8.25. The second kappa shape index (κ2) is 11.9. The number of H-pyrrole nitrogens is 1. The minimum atomic E-state index is -0.619. The van der Waals surface area contributed by atoms with E-state index in [9.17, 15) is 9.59 Å². The van der Waals surface area contributed by atoms with Gasteiger partial charge < -0.3 is 19.4 Å². The first-order valence-electron chi connectivity index (χ1n) is 14.9. The van der Waals surface area contributed by atoms with Crippen LogP contribution in [0, 0.1) is 0 Å². The Morgan fingerprint density at radius 2 is 1.70 bits per heavy atom. The van der Waals surface area contributed by atoms with Gasteiger partial charge in [-0.1, -0.05) is 54.1 Å². The SMILES string of the molecule is CC(C)(C)OC(=O)N1CCCC1C(C(=O)N1CCN(c2c(-c3ccccc3)cnc3[nH]ncc23)CC1)c1ccc(Cl)cc1. The van der Waals surface area contributed by atoms with E-state index in [-0.39, 0.29) is 18.0 Å². The van der Waals surface area contributed by atoms with Crippen molar-refractivity contribution in [2.24, 2.45) is 0 Å². The van der Waals surface area contributed by atoms with Gasteiger partial charge >= 0.3 is 6.09 Å². The van der Waals surface area contributed by atoms with Crippen LogP contribution in [0.3, 0.4) is 0 Å². The molecule has 2 atom stereocenters. The zero-order valence-corrected chi connectivity index (χ0v) is 25.6. The van der Waals surface area contributed by atoms with Crippen molar-refractivity contribution in [3.8, 4) is 11.1 Å². The first-order valence-corrected chi connectivity index (χ1v) is 15.2. The van der Waals surface area contributed by atoms with Crippen LogP contribution in [0.1, 0.15) is 45.1 Å². The molecule has 43 heavy (non-hydrogen) atoms. The molecule has 4 heterocycles. The molecule has 4 aromatic rings. The average Bonchev–Trinajstić information content (AvgIpc) is 3.68. The van der Waals surface area contributed by atoms with Gasteiger partial charge in [0.1, 0.15) is 5.60 Å². The van der Waals surface area contributed by atoms with Crippen molar-refractivity contribution in [2.45, 2.75) is 51.2 Å². The molecule has 2 aromatic carbocycles. The normalized spacial score (nSPS) is 18.2. The fraction of sp³-hybridized carbons (Fsp3) is 0.394. The monoisotopic (exact) mass is 600 g/mol. The fourth-order valence-corrected chi connectivity index (χ4v) is 6.41. The van der Waals surface area contributed by atoms with E-state index in [0.29, 0.717) is 37.7 Å². The molecule has 2 aromatic heterocycles. The number of carbonyl (C=O) groups is 2. The summed E-state index contributed by atoms with van der Waals surface area (Å²) in [4.78, 5) is 38.2. The topological polar surface area (TPSA) is 94.7 Å². The Labute approximate surface area is 256 Å². The van der Waals surface area contributed by atoms with Gasteiger partial charge in [-0.2, -0.15) is 5.10 Å². The maximum atomic E-state index is 14.4. The minimum absolute atomic E-state index is 0.0221. The number of piperazine rings is 1. The lowest BCUT2D eigenvalue weighted by atomic mass is 9.88. The summed E-state index contributed by atoms with van der Waals surface area (Å²) in [6, 6.07) is 17.4. The lowest BCUT2D eigenvalue weighted by molar-refractivity contribution is -0.134. The Balaban J connectivity index is 1.26. The van der Waals surface area contributed by atoms with Gasteiger partial charge in [-0.05, 0) is 56.9 Å². The summed E-state index contributed by atoms with van der Waals surface area (Å²) in [5.41, 5.74) is 4.16. The van der Waals surface area contributed by atoms with Crippen molar-refractivity contribution in [1.82, 2.24) is 25.0 Å². The first kappa shape index (κ1) is 29.0. The highest BCUT2D eigenvalue weighted by molar-refractivity contribution is 6.30. The maximum absolute atomic E-state index is 14.4. The third kappa shape index (κ3) is 6.04. The van der Waals surface area contributed by atoms with Crippen molar-refractivity contribution in [2.75, 3.05) is 37.6 Å². The number of halogens is 1. The maximum Gasteiger partial charge on any atom is 0.410 e. The number of anilines is 1. The largest absolute Gasteiger partial charge is 0.444 e. The number of carbonyl (C=O) groups excluding carboxylic acids is 2. The number of nitrogens with one attached hydrogen (secondary N) is 1. The number of rotatable bonds is 5. The van der Waals surface area contributed by atoms with Gasteiger partial charge in [0.25, 0.3) is 0 Å². The number of hydrogen-bond donors (Lipinski definition) is 1. The van der Waals surface area contributed by atoms with E-state index in [1.165, 1.54) is 0 Å². The second-order valence-corrected chi connectivity index (χ2v) is 12.7. The Hall–Kier alpha value is -4.11. The number of benzene rings is 2. The Morgan fingerprint density at radius 3 is 2.40 bits per heavy atom. The summed E-state index contributed by atoms with van der Waals surface area (Å²) in [7, 11) is 0. The summed E-state index contributed by atoms with van der Waals surface area (Å²) in [6.07, 6.45) is 4.89. The number of aromatic nitrogens is 3. The molecule has 0 radical (unpaired) electrons. The zero-order valence-electron chi connectivity index (χ0n) is 24.8. The first-order chi connectivity index (χ1) is 20.7. The molecule has 0 bridgehead atoms. The molecule has 2 unspecified atom stereocenters. The summed E-state index contributed by atoms with van der Waals surface area (Å²) >= 11 is 6.22. The zero-order chi connectivity index (χ0) is 30.1. The van der Waals surface area contributed by atoms with Crippen molar-refractivity contribution in [3.05, 3.63) is 77.6 Å². The van der Waals surface area contributed by atoms with E-state index < -0.39 is 11.5 Å². The average molecular weight is 601 g/mol. The molecule has 0 aliphatic carbocycles. The van der Waals surface area contributed by atoms with Crippen LogP contribution in [-0.2, 0) is 9.53 Å². The van der Waals surface area contributed by atoms with Crippen LogP contribution < -0.4 is 4.90 Å². The lowest BCUT2D eigenvalue weighted by Crippen LogP contribution is -2.53. The highest BCUT2D eigenvalue weighted by atomic mass is 35.5. The predicted molar refractivity (Wildman–Crippen MR) is 168 cm³/mol. The van der Waals surface area contributed by atoms with Gasteiger partial charge in [0.15, 0.2) is 5.65 Å². The number of pyridine rings is 1. The fourth-order valence-electron chi connectivity index (χ4n) is 6.29. The van der Waals surface area contributed by atoms with Gasteiger partial charge in [0, 0.05) is 49.5 Å². The molecule has 0 saturated carbocycles. The highest BCUT2D eigenvalue weighted by Gasteiger charge is 2.43.